The van der Waals surface area contributed by atoms with Gasteiger partial charge in [-0.3, -0.25) is 9.59 Å². The molecule has 0 aromatic heterocycles. The van der Waals surface area contributed by atoms with E-state index in [0.29, 0.717) is 17.8 Å². The van der Waals surface area contributed by atoms with Crippen molar-refractivity contribution >= 4 is 18.3 Å². The van der Waals surface area contributed by atoms with Gasteiger partial charge in [-0.1, -0.05) is 99.3 Å². The standard InChI is InChI=1S/C17H14O3.C10H10.2C2H6/c1-13-2-7-15(8-3-13)17(19)11-6-14-4-9-16(10-5-14)20-12-18;1-3-4-10-7-5-9(2)6-8-10;2*1-2/h2-12H,1H3;5-8H,1-2H3;2*1-2H3. The Bertz CT molecular complexity index is 1050. The number of rotatable bonds is 5. The zero-order valence-electron chi connectivity index (χ0n) is 21.4. The van der Waals surface area contributed by atoms with Gasteiger partial charge in [-0.2, -0.15) is 0 Å². The molecule has 0 amide bonds. The minimum Gasteiger partial charge on any atom is -0.429 e. The van der Waals surface area contributed by atoms with E-state index in [2.05, 4.69) is 30.9 Å². The van der Waals surface area contributed by atoms with Crippen LogP contribution in [0.15, 0.2) is 78.9 Å². The van der Waals surface area contributed by atoms with Crippen molar-refractivity contribution in [3.63, 3.8) is 0 Å². The molecule has 3 heteroatoms. The minimum atomic E-state index is -0.0433. The van der Waals surface area contributed by atoms with Crippen molar-refractivity contribution in [2.24, 2.45) is 0 Å². The van der Waals surface area contributed by atoms with E-state index in [-0.39, 0.29) is 5.78 Å². The van der Waals surface area contributed by atoms with Crippen molar-refractivity contribution in [3.05, 3.63) is 107 Å². The summed E-state index contributed by atoms with van der Waals surface area (Å²) in [4.78, 5) is 22.1. The summed E-state index contributed by atoms with van der Waals surface area (Å²) in [5.41, 5.74) is 5.02. The molecule has 0 aliphatic carbocycles. The summed E-state index contributed by atoms with van der Waals surface area (Å²) in [6.45, 7) is 14.3. The van der Waals surface area contributed by atoms with Crippen LogP contribution in [-0.4, -0.2) is 12.3 Å². The molecule has 0 fully saturated rings. The van der Waals surface area contributed by atoms with Crippen LogP contribution in [0, 0.1) is 25.7 Å². The van der Waals surface area contributed by atoms with Crippen LogP contribution in [0.1, 0.15) is 67.2 Å². The minimum absolute atomic E-state index is 0.0433. The average Bonchev–Trinajstić information content (AvgIpc) is 2.88. The Morgan fingerprint density at radius 2 is 1.26 bits per heavy atom. The maximum absolute atomic E-state index is 11.9. The SMILES string of the molecule is CC.CC.CC#Cc1ccc(C)cc1.Cc1ccc(C(=O)C=Cc2ccc(OC=O)cc2)cc1. The molecule has 0 aliphatic heterocycles. The second-order valence-electron chi connectivity index (χ2n) is 6.59. The third-order valence-corrected chi connectivity index (χ3v) is 4.15. The van der Waals surface area contributed by atoms with E-state index in [9.17, 15) is 9.59 Å². The highest BCUT2D eigenvalue weighted by molar-refractivity contribution is 6.06. The van der Waals surface area contributed by atoms with E-state index in [1.807, 2.05) is 77.9 Å². The maximum Gasteiger partial charge on any atom is 0.298 e. The van der Waals surface area contributed by atoms with E-state index < -0.39 is 0 Å². The normalized spacial score (nSPS) is 8.91. The molecule has 0 spiro atoms. The lowest BCUT2D eigenvalue weighted by Gasteiger charge is -1.99. The Morgan fingerprint density at radius 3 is 1.74 bits per heavy atom. The molecule has 0 radical (unpaired) electrons. The van der Waals surface area contributed by atoms with Gasteiger partial charge < -0.3 is 4.74 Å². The molecule has 0 N–H and O–H groups in total. The predicted molar refractivity (Wildman–Crippen MR) is 144 cm³/mol. The van der Waals surface area contributed by atoms with E-state index in [1.54, 1.807) is 30.3 Å². The molecule has 3 nitrogen and oxygen atoms in total. The van der Waals surface area contributed by atoms with Crippen molar-refractivity contribution in [1.29, 1.82) is 0 Å². The van der Waals surface area contributed by atoms with Gasteiger partial charge in [0.05, 0.1) is 0 Å². The number of hydrogen-bond donors (Lipinski definition) is 0. The number of allylic oxidation sites excluding steroid dienone is 1. The maximum atomic E-state index is 11.9. The molecule has 0 saturated heterocycles. The third kappa shape index (κ3) is 12.2. The summed E-state index contributed by atoms with van der Waals surface area (Å²) in [6, 6.07) is 22.5. The zero-order chi connectivity index (χ0) is 25.8. The van der Waals surface area contributed by atoms with Crippen molar-refractivity contribution in [2.75, 3.05) is 0 Å². The number of hydrogen-bond acceptors (Lipinski definition) is 3. The smallest absolute Gasteiger partial charge is 0.298 e. The van der Waals surface area contributed by atoms with Gasteiger partial charge in [0.1, 0.15) is 5.75 Å². The fourth-order valence-electron chi connectivity index (χ4n) is 2.48. The topological polar surface area (TPSA) is 43.4 Å². The molecule has 0 aliphatic rings. The molecular formula is C31H36O3. The molecule has 34 heavy (non-hydrogen) atoms. The average molecular weight is 457 g/mol. The van der Waals surface area contributed by atoms with Crippen molar-refractivity contribution in [3.8, 4) is 17.6 Å². The highest BCUT2D eigenvalue weighted by atomic mass is 16.5. The number of aryl methyl sites for hydroxylation is 2. The van der Waals surface area contributed by atoms with Crippen molar-refractivity contribution in [1.82, 2.24) is 0 Å². The quantitative estimate of drug-likeness (QED) is 0.170. The summed E-state index contributed by atoms with van der Waals surface area (Å²) in [5, 5.41) is 0. The number of carbonyl (C=O) groups is 2. The van der Waals surface area contributed by atoms with Gasteiger partial charge in [0, 0.05) is 11.1 Å². The second-order valence-corrected chi connectivity index (χ2v) is 6.59. The van der Waals surface area contributed by atoms with Gasteiger partial charge in [-0.15, -0.1) is 5.92 Å². The van der Waals surface area contributed by atoms with Gasteiger partial charge in [-0.25, -0.2) is 0 Å². The first-order valence-corrected chi connectivity index (χ1v) is 11.5. The van der Waals surface area contributed by atoms with Crippen LogP contribution in [0.5, 0.6) is 5.75 Å². The number of ether oxygens (including phenoxy) is 1. The lowest BCUT2D eigenvalue weighted by Crippen LogP contribution is -1.93. The molecule has 0 saturated carbocycles. The zero-order valence-corrected chi connectivity index (χ0v) is 21.4. The van der Waals surface area contributed by atoms with E-state index in [0.717, 1.165) is 16.7 Å². The van der Waals surface area contributed by atoms with Gasteiger partial charge in [0.25, 0.3) is 6.47 Å². The van der Waals surface area contributed by atoms with Crippen molar-refractivity contribution < 1.29 is 14.3 Å². The largest absolute Gasteiger partial charge is 0.429 e. The fraction of sp³-hybridized carbons (Fsp3) is 0.226. The third-order valence-electron chi connectivity index (χ3n) is 4.15. The highest BCUT2D eigenvalue weighted by Crippen LogP contribution is 2.13. The van der Waals surface area contributed by atoms with Crippen molar-refractivity contribution in [2.45, 2.75) is 48.5 Å². The van der Waals surface area contributed by atoms with Gasteiger partial charge in [-0.05, 0) is 56.7 Å². The second kappa shape index (κ2) is 18.7. The number of ketones is 1. The Morgan fingerprint density at radius 1 is 0.765 bits per heavy atom. The summed E-state index contributed by atoms with van der Waals surface area (Å²) < 4.78 is 4.70. The van der Waals surface area contributed by atoms with Gasteiger partial charge in [0.15, 0.2) is 5.78 Å². The lowest BCUT2D eigenvalue weighted by molar-refractivity contribution is -0.120. The molecular weight excluding hydrogens is 420 g/mol. The van der Waals surface area contributed by atoms with Crippen LogP contribution in [-0.2, 0) is 4.79 Å². The molecule has 178 valence electrons. The van der Waals surface area contributed by atoms with E-state index in [1.165, 1.54) is 11.6 Å². The van der Waals surface area contributed by atoms with Crippen LogP contribution in [0.4, 0.5) is 0 Å². The first kappa shape index (κ1) is 30.1. The molecule has 3 rings (SSSR count). The first-order valence-electron chi connectivity index (χ1n) is 11.5. The molecule has 3 aromatic carbocycles. The van der Waals surface area contributed by atoms with E-state index >= 15 is 0 Å². The summed E-state index contributed by atoms with van der Waals surface area (Å²) in [5.74, 6) is 6.27. The number of carbonyl (C=O) groups excluding carboxylic acids is 2. The fourth-order valence-corrected chi connectivity index (χ4v) is 2.48. The first-order chi connectivity index (χ1) is 16.5. The van der Waals surface area contributed by atoms with Crippen LogP contribution in [0.25, 0.3) is 6.08 Å². The van der Waals surface area contributed by atoms with E-state index in [4.69, 9.17) is 4.74 Å². The summed E-state index contributed by atoms with van der Waals surface area (Å²) >= 11 is 0. The Balaban J connectivity index is 0.000000653. The van der Waals surface area contributed by atoms with Crippen LogP contribution in [0.3, 0.4) is 0 Å². The monoisotopic (exact) mass is 456 g/mol. The molecule has 0 atom stereocenters. The van der Waals surface area contributed by atoms with Crippen LogP contribution >= 0.6 is 0 Å². The number of benzene rings is 3. The van der Waals surface area contributed by atoms with Gasteiger partial charge in [0.2, 0.25) is 0 Å². The summed E-state index contributed by atoms with van der Waals surface area (Å²) in [6.07, 6.45) is 3.26. The molecule has 0 bridgehead atoms. The summed E-state index contributed by atoms with van der Waals surface area (Å²) in [7, 11) is 0. The highest BCUT2D eigenvalue weighted by Gasteiger charge is 2.00. The van der Waals surface area contributed by atoms with Gasteiger partial charge >= 0.3 is 0 Å². The lowest BCUT2D eigenvalue weighted by atomic mass is 10.1. The van der Waals surface area contributed by atoms with Crippen LogP contribution in [0.2, 0.25) is 0 Å². The Kier molecular flexibility index (Phi) is 16.5. The molecule has 0 unspecified atom stereocenters. The predicted octanol–water partition coefficient (Wildman–Crippen LogP) is 7.85. The molecule has 0 heterocycles. The van der Waals surface area contributed by atoms with Crippen LogP contribution < -0.4 is 4.74 Å². The Hall–Kier alpha value is -3.90. The Labute approximate surface area is 205 Å². The molecule has 3 aromatic rings.